The lowest BCUT2D eigenvalue weighted by Gasteiger charge is -2.14. The van der Waals surface area contributed by atoms with E-state index in [2.05, 4.69) is 22.8 Å². The van der Waals surface area contributed by atoms with Crippen LogP contribution in [0.3, 0.4) is 0 Å². The van der Waals surface area contributed by atoms with Gasteiger partial charge in [-0.1, -0.05) is 60.7 Å². The molecule has 0 heterocycles. The summed E-state index contributed by atoms with van der Waals surface area (Å²) in [4.78, 5) is 27.1. The number of thioether (sulfide) groups is 1. The molecule has 4 aromatic carbocycles. The maximum Gasteiger partial charge on any atom is 0.256 e. The molecule has 0 bridgehead atoms. The highest BCUT2D eigenvalue weighted by Gasteiger charge is 2.16. The van der Waals surface area contributed by atoms with Gasteiger partial charge in [0.05, 0.1) is 31.0 Å². The zero-order valence-electron chi connectivity index (χ0n) is 21.4. The van der Waals surface area contributed by atoms with Crippen molar-refractivity contribution in [1.29, 1.82) is 0 Å². The number of carbonyl (C=O) groups excluding carboxylic acids is 2. The van der Waals surface area contributed by atoms with Gasteiger partial charge in [0.1, 0.15) is 0 Å². The van der Waals surface area contributed by atoms with Gasteiger partial charge in [-0.2, -0.15) is 0 Å². The molecule has 4 rings (SSSR count). The molecule has 2 N–H and O–H groups in total. The van der Waals surface area contributed by atoms with Gasteiger partial charge in [0.2, 0.25) is 0 Å². The zero-order chi connectivity index (χ0) is 26.7. The van der Waals surface area contributed by atoms with E-state index in [9.17, 15) is 9.59 Å². The van der Waals surface area contributed by atoms with Crippen molar-refractivity contribution >= 4 is 29.3 Å². The molecule has 6 nitrogen and oxygen atoms in total. The Balaban J connectivity index is 1.40. The summed E-state index contributed by atoms with van der Waals surface area (Å²) in [5, 5.41) is 5.89. The summed E-state index contributed by atoms with van der Waals surface area (Å²) in [6.07, 6.45) is 0.618. The molecule has 7 heteroatoms. The molecule has 4 aromatic rings. The molecule has 0 radical (unpaired) electrons. The lowest BCUT2D eigenvalue weighted by molar-refractivity contribution is 0.0955. The van der Waals surface area contributed by atoms with E-state index in [1.165, 1.54) is 5.56 Å². The molecule has 0 spiro atoms. The third-order valence-electron chi connectivity index (χ3n) is 5.94. The average Bonchev–Trinajstić information content (AvgIpc) is 2.96. The lowest BCUT2D eigenvalue weighted by atomic mass is 10.1. The Labute approximate surface area is 227 Å². The number of amides is 2. The number of anilines is 1. The van der Waals surface area contributed by atoms with Gasteiger partial charge in [0, 0.05) is 17.2 Å². The third kappa shape index (κ3) is 6.95. The van der Waals surface area contributed by atoms with Gasteiger partial charge in [-0.3, -0.25) is 9.59 Å². The van der Waals surface area contributed by atoms with Crippen LogP contribution in [0.1, 0.15) is 31.8 Å². The predicted octanol–water partition coefficient (Wildman–Crippen LogP) is 6.22. The van der Waals surface area contributed by atoms with Crippen molar-refractivity contribution in [3.8, 4) is 11.5 Å². The molecule has 0 aliphatic rings. The van der Waals surface area contributed by atoms with Crippen molar-refractivity contribution in [2.45, 2.75) is 17.1 Å². The van der Waals surface area contributed by atoms with Crippen LogP contribution in [-0.2, 0) is 12.2 Å². The molecule has 0 aliphatic carbocycles. The highest BCUT2D eigenvalue weighted by Crippen LogP contribution is 2.28. The summed E-state index contributed by atoms with van der Waals surface area (Å²) in [5.41, 5.74) is 3.63. The molecule has 0 fully saturated rings. The first kappa shape index (κ1) is 26.8. The van der Waals surface area contributed by atoms with Crippen molar-refractivity contribution in [3.05, 3.63) is 119 Å². The number of benzene rings is 4. The molecule has 0 saturated heterocycles. The van der Waals surface area contributed by atoms with Crippen LogP contribution >= 0.6 is 11.8 Å². The van der Waals surface area contributed by atoms with Crippen LogP contribution < -0.4 is 20.1 Å². The summed E-state index contributed by atoms with van der Waals surface area (Å²) in [6.45, 7) is 0.426. The maximum absolute atomic E-state index is 13.3. The Kier molecular flexibility index (Phi) is 9.43. The number of rotatable bonds is 11. The number of nitrogens with one attached hydrogen (secondary N) is 2. The minimum absolute atomic E-state index is 0.256. The Morgan fingerprint density at radius 2 is 1.39 bits per heavy atom. The molecule has 0 saturated carbocycles. The summed E-state index contributed by atoms with van der Waals surface area (Å²) >= 11 is 1.61. The number of ether oxygens (including phenoxy) is 2. The van der Waals surface area contributed by atoms with Gasteiger partial charge < -0.3 is 20.1 Å². The van der Waals surface area contributed by atoms with E-state index in [1.54, 1.807) is 56.3 Å². The standard InChI is InChI=1S/C31H30N2O4S/c1-36-27-17-16-22(20-28(27)37-2)18-19-32-30(34)24-12-6-8-14-26(24)33-31(35)25-13-7-9-15-29(25)38-21-23-10-4-3-5-11-23/h3-17,20H,18-19,21H2,1-2H3,(H,32,34)(H,33,35). The number of methoxy groups -OCH3 is 2. The fraction of sp³-hybridized carbons (Fsp3) is 0.161. The number of hydrogen-bond acceptors (Lipinski definition) is 5. The molecular weight excluding hydrogens is 496 g/mol. The molecule has 0 aliphatic heterocycles. The monoisotopic (exact) mass is 526 g/mol. The molecule has 38 heavy (non-hydrogen) atoms. The second-order valence-electron chi connectivity index (χ2n) is 8.47. The van der Waals surface area contributed by atoms with Crippen molar-refractivity contribution in [3.63, 3.8) is 0 Å². The highest BCUT2D eigenvalue weighted by atomic mass is 32.2. The normalized spacial score (nSPS) is 10.5. The minimum Gasteiger partial charge on any atom is -0.493 e. The van der Waals surface area contributed by atoms with E-state index in [-0.39, 0.29) is 11.8 Å². The number of para-hydroxylation sites is 1. The van der Waals surface area contributed by atoms with Crippen LogP contribution in [0.4, 0.5) is 5.69 Å². The summed E-state index contributed by atoms with van der Waals surface area (Å²) < 4.78 is 10.6. The Bertz CT molecular complexity index is 1390. The third-order valence-corrected chi connectivity index (χ3v) is 7.08. The van der Waals surface area contributed by atoms with E-state index >= 15 is 0 Å². The fourth-order valence-electron chi connectivity index (χ4n) is 3.95. The van der Waals surface area contributed by atoms with Crippen LogP contribution in [0, 0.1) is 0 Å². The van der Waals surface area contributed by atoms with Gasteiger partial charge in [-0.15, -0.1) is 11.8 Å². The van der Waals surface area contributed by atoms with E-state index in [0.717, 1.165) is 16.2 Å². The van der Waals surface area contributed by atoms with Crippen LogP contribution in [0.2, 0.25) is 0 Å². The van der Waals surface area contributed by atoms with Crippen molar-refractivity contribution in [1.82, 2.24) is 5.32 Å². The predicted molar refractivity (Wildman–Crippen MR) is 152 cm³/mol. The second-order valence-corrected chi connectivity index (χ2v) is 9.48. The van der Waals surface area contributed by atoms with Gasteiger partial charge in [-0.25, -0.2) is 0 Å². The van der Waals surface area contributed by atoms with Crippen molar-refractivity contribution in [2.75, 3.05) is 26.1 Å². The van der Waals surface area contributed by atoms with Gasteiger partial charge >= 0.3 is 0 Å². The summed E-state index contributed by atoms with van der Waals surface area (Å²) in [6, 6.07) is 30.3. The largest absolute Gasteiger partial charge is 0.493 e. The first-order valence-electron chi connectivity index (χ1n) is 12.2. The second kappa shape index (κ2) is 13.4. The molecular formula is C31H30N2O4S. The molecule has 194 valence electrons. The Morgan fingerprint density at radius 3 is 2.16 bits per heavy atom. The van der Waals surface area contributed by atoms with Crippen LogP contribution in [0.25, 0.3) is 0 Å². The topological polar surface area (TPSA) is 76.7 Å². The number of hydrogen-bond donors (Lipinski definition) is 2. The number of carbonyl (C=O) groups is 2. The van der Waals surface area contributed by atoms with Crippen LogP contribution in [-0.4, -0.2) is 32.6 Å². The van der Waals surface area contributed by atoms with E-state index < -0.39 is 0 Å². The molecule has 2 amide bonds. The fourth-order valence-corrected chi connectivity index (χ4v) is 4.95. The average molecular weight is 527 g/mol. The van der Waals surface area contributed by atoms with E-state index in [1.807, 2.05) is 54.6 Å². The van der Waals surface area contributed by atoms with Crippen molar-refractivity contribution in [2.24, 2.45) is 0 Å². The molecule has 0 aromatic heterocycles. The minimum atomic E-state index is -0.258. The van der Waals surface area contributed by atoms with Crippen molar-refractivity contribution < 1.29 is 19.1 Å². The first-order chi connectivity index (χ1) is 18.6. The van der Waals surface area contributed by atoms with E-state index in [4.69, 9.17) is 9.47 Å². The first-order valence-corrected chi connectivity index (χ1v) is 13.2. The smallest absolute Gasteiger partial charge is 0.256 e. The quantitative estimate of drug-likeness (QED) is 0.227. The van der Waals surface area contributed by atoms with Crippen LogP contribution in [0.15, 0.2) is 102 Å². The summed E-state index contributed by atoms with van der Waals surface area (Å²) in [7, 11) is 3.19. The molecule has 0 unspecified atom stereocenters. The van der Waals surface area contributed by atoms with Gasteiger partial charge in [-0.05, 0) is 53.9 Å². The Morgan fingerprint density at radius 1 is 0.711 bits per heavy atom. The maximum atomic E-state index is 13.3. The van der Waals surface area contributed by atoms with Crippen LogP contribution in [0.5, 0.6) is 11.5 Å². The van der Waals surface area contributed by atoms with Gasteiger partial charge in [0.25, 0.3) is 11.8 Å². The van der Waals surface area contributed by atoms with E-state index in [0.29, 0.717) is 41.3 Å². The SMILES string of the molecule is COc1ccc(CCNC(=O)c2ccccc2NC(=O)c2ccccc2SCc2ccccc2)cc1OC. The summed E-state index contributed by atoms with van der Waals surface area (Å²) in [5.74, 6) is 1.54. The Hall–Kier alpha value is -4.23. The molecule has 0 atom stereocenters. The lowest BCUT2D eigenvalue weighted by Crippen LogP contribution is -2.27. The van der Waals surface area contributed by atoms with Gasteiger partial charge in [0.15, 0.2) is 11.5 Å². The highest BCUT2D eigenvalue weighted by molar-refractivity contribution is 7.98. The zero-order valence-corrected chi connectivity index (χ0v) is 22.2.